The van der Waals surface area contributed by atoms with Crippen LogP contribution in [0, 0.1) is 12.7 Å². The van der Waals surface area contributed by atoms with Crippen molar-refractivity contribution < 1.29 is 28.1 Å². The molecule has 6 nitrogen and oxygen atoms in total. The zero-order valence-electron chi connectivity index (χ0n) is 10.3. The fraction of sp³-hybridized carbons (Fsp3) is 0.455. The van der Waals surface area contributed by atoms with Crippen molar-refractivity contribution in [1.82, 2.24) is 4.72 Å². The molecule has 8 heteroatoms. The lowest BCUT2D eigenvalue weighted by molar-refractivity contribution is 0.0582. The molecule has 19 heavy (non-hydrogen) atoms. The van der Waals surface area contributed by atoms with Crippen LogP contribution >= 0.6 is 0 Å². The van der Waals surface area contributed by atoms with Crippen molar-refractivity contribution in [2.75, 3.05) is 19.8 Å². The van der Waals surface area contributed by atoms with Gasteiger partial charge in [0.15, 0.2) is 0 Å². The summed E-state index contributed by atoms with van der Waals surface area (Å²) in [6, 6.07) is 3.31. The molecule has 0 aliphatic heterocycles. The zero-order chi connectivity index (χ0) is 14.7. The van der Waals surface area contributed by atoms with Crippen LogP contribution in [0.2, 0.25) is 0 Å². The quantitative estimate of drug-likeness (QED) is 0.545. The van der Waals surface area contributed by atoms with Crippen molar-refractivity contribution in [3.63, 3.8) is 0 Å². The molecular formula is C11H16FNO5S. The van der Waals surface area contributed by atoms with E-state index in [4.69, 9.17) is 15.3 Å². The summed E-state index contributed by atoms with van der Waals surface area (Å²) in [7, 11) is -4.16. The summed E-state index contributed by atoms with van der Waals surface area (Å²) < 4.78 is 39.3. The Morgan fingerprint density at radius 2 is 1.74 bits per heavy atom. The molecular weight excluding hydrogens is 277 g/mol. The molecule has 0 saturated carbocycles. The molecule has 0 heterocycles. The molecule has 0 aromatic heterocycles. The second-order valence-electron chi connectivity index (χ2n) is 4.27. The Kier molecular flexibility index (Phi) is 4.99. The molecule has 108 valence electrons. The standard InChI is InChI=1S/C11H16FNO5S/c1-8-2-3-9(4-10(8)12)19(17,18)13-11(5-14,6-15)7-16/h2-4,13-16H,5-7H2,1H3. The minimum Gasteiger partial charge on any atom is -0.394 e. The molecule has 0 atom stereocenters. The van der Waals surface area contributed by atoms with Gasteiger partial charge in [0, 0.05) is 0 Å². The van der Waals surface area contributed by atoms with Crippen LogP contribution < -0.4 is 4.72 Å². The van der Waals surface area contributed by atoms with Crippen LogP contribution in [0.1, 0.15) is 5.56 Å². The largest absolute Gasteiger partial charge is 0.394 e. The van der Waals surface area contributed by atoms with E-state index in [9.17, 15) is 12.8 Å². The fourth-order valence-corrected chi connectivity index (χ4v) is 2.72. The highest BCUT2D eigenvalue weighted by atomic mass is 32.2. The van der Waals surface area contributed by atoms with Crippen molar-refractivity contribution in [2.45, 2.75) is 17.4 Å². The number of nitrogens with one attached hydrogen (secondary N) is 1. The molecule has 0 unspecified atom stereocenters. The number of hydrogen-bond donors (Lipinski definition) is 4. The first kappa shape index (κ1) is 16.0. The second kappa shape index (κ2) is 5.93. The molecule has 1 aromatic carbocycles. The minimum absolute atomic E-state index is 0.289. The van der Waals surface area contributed by atoms with Gasteiger partial charge in [0.25, 0.3) is 0 Å². The first-order valence-corrected chi connectivity index (χ1v) is 6.91. The molecule has 1 aromatic rings. The van der Waals surface area contributed by atoms with E-state index in [1.165, 1.54) is 19.1 Å². The Hall–Kier alpha value is -1.06. The summed E-state index contributed by atoms with van der Waals surface area (Å²) >= 11 is 0. The third-order valence-electron chi connectivity index (χ3n) is 2.71. The molecule has 0 radical (unpaired) electrons. The summed E-state index contributed by atoms with van der Waals surface area (Å²) in [4.78, 5) is -0.352. The highest BCUT2D eigenvalue weighted by Crippen LogP contribution is 2.16. The summed E-state index contributed by atoms with van der Waals surface area (Å²) in [5.41, 5.74) is -1.50. The molecule has 0 spiro atoms. The topological polar surface area (TPSA) is 107 Å². The number of aryl methyl sites for hydroxylation is 1. The summed E-state index contributed by atoms with van der Waals surface area (Å²) in [6.45, 7) is -0.909. The molecule has 0 aliphatic rings. The van der Waals surface area contributed by atoms with E-state index in [2.05, 4.69) is 0 Å². The van der Waals surface area contributed by atoms with Crippen LogP contribution in [0.3, 0.4) is 0 Å². The number of rotatable bonds is 6. The van der Waals surface area contributed by atoms with E-state index in [1.54, 1.807) is 0 Å². The Balaban J connectivity index is 3.14. The van der Waals surface area contributed by atoms with Crippen molar-refractivity contribution in [3.8, 4) is 0 Å². The molecule has 0 aliphatic carbocycles. The lowest BCUT2D eigenvalue weighted by atomic mass is 10.1. The van der Waals surface area contributed by atoms with Gasteiger partial charge in [-0.2, -0.15) is 4.72 Å². The SMILES string of the molecule is Cc1ccc(S(=O)(=O)NC(CO)(CO)CO)cc1F. The Bertz CT molecular complexity index is 534. The monoisotopic (exact) mass is 293 g/mol. The molecule has 0 fully saturated rings. The predicted octanol–water partition coefficient (Wildman–Crippen LogP) is -0.872. The summed E-state index contributed by atoms with van der Waals surface area (Å²) in [5, 5.41) is 27.2. The molecule has 1 rings (SSSR count). The van der Waals surface area contributed by atoms with E-state index < -0.39 is 41.2 Å². The van der Waals surface area contributed by atoms with E-state index >= 15 is 0 Å². The maximum absolute atomic E-state index is 13.3. The van der Waals surface area contributed by atoms with Crippen LogP contribution in [-0.4, -0.2) is 49.1 Å². The smallest absolute Gasteiger partial charge is 0.241 e. The van der Waals surface area contributed by atoms with Crippen molar-refractivity contribution in [1.29, 1.82) is 0 Å². The molecule has 0 amide bonds. The maximum atomic E-state index is 13.3. The Morgan fingerprint density at radius 3 is 2.16 bits per heavy atom. The Morgan fingerprint density at radius 1 is 1.21 bits per heavy atom. The van der Waals surface area contributed by atoms with Crippen molar-refractivity contribution in [2.24, 2.45) is 0 Å². The lowest BCUT2D eigenvalue weighted by Crippen LogP contribution is -2.56. The van der Waals surface area contributed by atoms with Gasteiger partial charge in [-0.05, 0) is 24.6 Å². The number of benzene rings is 1. The number of aliphatic hydroxyl groups excluding tert-OH is 3. The van der Waals surface area contributed by atoms with Crippen molar-refractivity contribution in [3.05, 3.63) is 29.6 Å². The third-order valence-corrected chi connectivity index (χ3v) is 4.29. The number of sulfonamides is 1. The van der Waals surface area contributed by atoms with E-state index in [-0.39, 0.29) is 10.5 Å². The lowest BCUT2D eigenvalue weighted by Gasteiger charge is -2.28. The number of halogens is 1. The van der Waals surface area contributed by atoms with Gasteiger partial charge in [-0.1, -0.05) is 6.07 Å². The number of hydrogen-bond acceptors (Lipinski definition) is 5. The van der Waals surface area contributed by atoms with Gasteiger partial charge in [0.05, 0.1) is 24.7 Å². The third kappa shape index (κ3) is 3.48. The zero-order valence-corrected chi connectivity index (χ0v) is 11.1. The van der Waals surface area contributed by atoms with Gasteiger partial charge in [0.2, 0.25) is 10.0 Å². The van der Waals surface area contributed by atoms with Crippen molar-refractivity contribution >= 4 is 10.0 Å². The highest BCUT2D eigenvalue weighted by Gasteiger charge is 2.34. The summed E-state index contributed by atoms with van der Waals surface area (Å²) in [6.07, 6.45) is 0. The predicted molar refractivity (Wildman–Crippen MR) is 65.4 cm³/mol. The highest BCUT2D eigenvalue weighted by molar-refractivity contribution is 7.89. The van der Waals surface area contributed by atoms with E-state index in [0.717, 1.165) is 6.07 Å². The van der Waals surface area contributed by atoms with Gasteiger partial charge >= 0.3 is 0 Å². The van der Waals surface area contributed by atoms with Gasteiger partial charge in [-0.3, -0.25) is 0 Å². The molecule has 0 saturated heterocycles. The molecule has 4 N–H and O–H groups in total. The fourth-order valence-electron chi connectivity index (χ4n) is 1.33. The normalized spacial score (nSPS) is 12.7. The van der Waals surface area contributed by atoms with Crippen LogP contribution in [0.15, 0.2) is 23.1 Å². The second-order valence-corrected chi connectivity index (χ2v) is 5.95. The van der Waals surface area contributed by atoms with Crippen LogP contribution in [0.25, 0.3) is 0 Å². The van der Waals surface area contributed by atoms with Crippen LogP contribution in [0.5, 0.6) is 0 Å². The number of aliphatic hydroxyl groups is 3. The van der Waals surface area contributed by atoms with E-state index in [0.29, 0.717) is 0 Å². The van der Waals surface area contributed by atoms with Gasteiger partial charge in [-0.25, -0.2) is 12.8 Å². The average molecular weight is 293 g/mol. The van der Waals surface area contributed by atoms with Gasteiger partial charge in [-0.15, -0.1) is 0 Å². The van der Waals surface area contributed by atoms with Crippen LogP contribution in [-0.2, 0) is 10.0 Å². The van der Waals surface area contributed by atoms with E-state index in [1.807, 2.05) is 4.72 Å². The average Bonchev–Trinajstić information content (AvgIpc) is 2.39. The van der Waals surface area contributed by atoms with Gasteiger partial charge < -0.3 is 15.3 Å². The maximum Gasteiger partial charge on any atom is 0.241 e. The van der Waals surface area contributed by atoms with Gasteiger partial charge in [0.1, 0.15) is 11.4 Å². The summed E-state index contributed by atoms with van der Waals surface area (Å²) in [5.74, 6) is -0.689. The minimum atomic E-state index is -4.16. The Labute approximate surface area is 110 Å². The molecule has 0 bridgehead atoms. The first-order valence-electron chi connectivity index (χ1n) is 5.43. The first-order chi connectivity index (χ1) is 8.80. The van der Waals surface area contributed by atoms with Crippen LogP contribution in [0.4, 0.5) is 4.39 Å².